The third-order valence-electron chi connectivity index (χ3n) is 4.26. The summed E-state index contributed by atoms with van der Waals surface area (Å²) >= 11 is 7.38. The third-order valence-corrected chi connectivity index (χ3v) is 5.60. The number of hydrogen-bond donors (Lipinski definition) is 1. The molecule has 0 atom stereocenters. The van der Waals surface area contributed by atoms with Gasteiger partial charge in [-0.05, 0) is 53.8 Å². The number of nitrogens with one attached hydrogen (secondary N) is 1. The van der Waals surface area contributed by atoms with Crippen molar-refractivity contribution in [3.05, 3.63) is 88.4 Å². The third kappa shape index (κ3) is 3.52. The van der Waals surface area contributed by atoms with Crippen LogP contribution in [0, 0.1) is 0 Å². The van der Waals surface area contributed by atoms with Crippen molar-refractivity contribution in [3.8, 4) is 5.00 Å². The average molecular weight is 381 g/mol. The molecule has 0 bridgehead atoms. The Hall–Kier alpha value is -2.56. The van der Waals surface area contributed by atoms with Crippen LogP contribution in [0.3, 0.4) is 0 Å². The first-order valence-corrected chi connectivity index (χ1v) is 9.59. The van der Waals surface area contributed by atoms with Gasteiger partial charge in [-0.1, -0.05) is 41.9 Å². The summed E-state index contributed by atoms with van der Waals surface area (Å²) in [6.45, 7) is 0.597. The summed E-state index contributed by atoms with van der Waals surface area (Å²) < 4.78 is 2.12. The number of benzene rings is 2. The molecule has 0 spiro atoms. The molecule has 26 heavy (non-hydrogen) atoms. The van der Waals surface area contributed by atoms with Crippen molar-refractivity contribution in [1.29, 1.82) is 0 Å². The molecular formula is C21H17ClN2OS. The standard InChI is InChI=1S/C21H17ClN2OS/c22-17-7-5-15(6-8-17)11-13-23-21(25)19-9-10-20(26-19)24-14-12-16-3-1-2-4-18(16)24/h1-10,12,14H,11,13H2,(H,23,25). The number of thiophene rings is 1. The van der Waals surface area contributed by atoms with E-state index in [0.717, 1.165) is 27.5 Å². The number of aromatic nitrogens is 1. The van der Waals surface area contributed by atoms with E-state index < -0.39 is 0 Å². The summed E-state index contributed by atoms with van der Waals surface area (Å²) in [6.07, 6.45) is 2.82. The number of hydrogen-bond acceptors (Lipinski definition) is 2. The average Bonchev–Trinajstić information content (AvgIpc) is 3.30. The summed E-state index contributed by atoms with van der Waals surface area (Å²) in [4.78, 5) is 13.1. The lowest BCUT2D eigenvalue weighted by Crippen LogP contribution is -2.24. The maximum atomic E-state index is 12.4. The van der Waals surface area contributed by atoms with Gasteiger partial charge >= 0.3 is 0 Å². The predicted octanol–water partition coefficient (Wildman–Crippen LogP) is 5.32. The molecule has 2 aromatic carbocycles. The van der Waals surface area contributed by atoms with Crippen LogP contribution in [0.1, 0.15) is 15.2 Å². The Labute approximate surface area is 160 Å². The molecular weight excluding hydrogens is 364 g/mol. The molecule has 0 saturated carbocycles. The Morgan fingerprint density at radius 2 is 1.81 bits per heavy atom. The molecule has 2 aromatic heterocycles. The molecule has 3 nitrogen and oxygen atoms in total. The van der Waals surface area contributed by atoms with Crippen molar-refractivity contribution in [2.24, 2.45) is 0 Å². The van der Waals surface area contributed by atoms with Crippen molar-refractivity contribution >= 4 is 39.7 Å². The van der Waals surface area contributed by atoms with Crippen LogP contribution in [-0.4, -0.2) is 17.0 Å². The van der Waals surface area contributed by atoms with E-state index in [1.807, 2.05) is 54.7 Å². The molecule has 4 aromatic rings. The fraction of sp³-hybridized carbons (Fsp3) is 0.0952. The molecule has 0 aliphatic carbocycles. The van der Waals surface area contributed by atoms with E-state index in [1.54, 1.807) is 0 Å². The lowest BCUT2D eigenvalue weighted by molar-refractivity contribution is 0.0958. The topological polar surface area (TPSA) is 34.0 Å². The van der Waals surface area contributed by atoms with Crippen LogP contribution >= 0.6 is 22.9 Å². The quantitative estimate of drug-likeness (QED) is 0.499. The van der Waals surface area contributed by atoms with Crippen molar-refractivity contribution < 1.29 is 4.79 Å². The fourth-order valence-corrected chi connectivity index (χ4v) is 3.96. The first-order valence-electron chi connectivity index (χ1n) is 8.40. The van der Waals surface area contributed by atoms with Crippen molar-refractivity contribution in [2.75, 3.05) is 6.54 Å². The molecule has 0 aliphatic heterocycles. The van der Waals surface area contributed by atoms with Gasteiger partial charge in [0.15, 0.2) is 0 Å². The number of rotatable bonds is 5. The zero-order valence-electron chi connectivity index (χ0n) is 14.0. The molecule has 0 radical (unpaired) electrons. The van der Waals surface area contributed by atoms with Gasteiger partial charge < -0.3 is 9.88 Å². The molecule has 0 aliphatic rings. The second kappa shape index (κ2) is 7.36. The summed E-state index contributed by atoms with van der Waals surface area (Å²) in [7, 11) is 0. The number of para-hydroxylation sites is 1. The van der Waals surface area contributed by atoms with Crippen LogP contribution in [-0.2, 0) is 6.42 Å². The highest BCUT2D eigenvalue weighted by molar-refractivity contribution is 7.16. The molecule has 4 rings (SSSR count). The fourth-order valence-electron chi connectivity index (χ4n) is 2.91. The normalized spacial score (nSPS) is 11.0. The van der Waals surface area contributed by atoms with Crippen LogP contribution in [0.5, 0.6) is 0 Å². The molecule has 2 heterocycles. The van der Waals surface area contributed by atoms with Gasteiger partial charge in [0.05, 0.1) is 10.4 Å². The van der Waals surface area contributed by atoms with Gasteiger partial charge in [-0.25, -0.2) is 0 Å². The Balaban J connectivity index is 1.42. The first kappa shape index (κ1) is 16.9. The number of carbonyl (C=O) groups is 1. The first-order chi connectivity index (χ1) is 12.7. The largest absolute Gasteiger partial charge is 0.351 e. The number of halogens is 1. The summed E-state index contributed by atoms with van der Waals surface area (Å²) in [6, 6.07) is 21.9. The van der Waals surface area contributed by atoms with E-state index in [0.29, 0.717) is 11.4 Å². The molecule has 130 valence electrons. The second-order valence-electron chi connectivity index (χ2n) is 6.01. The van der Waals surface area contributed by atoms with E-state index >= 15 is 0 Å². The minimum absolute atomic E-state index is 0.0355. The monoisotopic (exact) mass is 380 g/mol. The highest BCUT2D eigenvalue weighted by Gasteiger charge is 2.11. The predicted molar refractivity (Wildman–Crippen MR) is 109 cm³/mol. The van der Waals surface area contributed by atoms with Crippen molar-refractivity contribution in [2.45, 2.75) is 6.42 Å². The minimum atomic E-state index is -0.0355. The van der Waals surface area contributed by atoms with Crippen LogP contribution in [0.4, 0.5) is 0 Å². The van der Waals surface area contributed by atoms with Crippen molar-refractivity contribution in [1.82, 2.24) is 9.88 Å². The van der Waals surface area contributed by atoms with Gasteiger partial charge in [0.1, 0.15) is 5.00 Å². The lowest BCUT2D eigenvalue weighted by atomic mass is 10.1. The van der Waals surface area contributed by atoms with Crippen LogP contribution < -0.4 is 5.32 Å². The molecule has 5 heteroatoms. The van der Waals surface area contributed by atoms with E-state index in [4.69, 9.17) is 11.6 Å². The lowest BCUT2D eigenvalue weighted by Gasteiger charge is -2.04. The molecule has 0 unspecified atom stereocenters. The van der Waals surface area contributed by atoms with E-state index in [9.17, 15) is 4.79 Å². The second-order valence-corrected chi connectivity index (χ2v) is 7.51. The summed E-state index contributed by atoms with van der Waals surface area (Å²) in [5, 5.41) is 5.94. The van der Waals surface area contributed by atoms with E-state index in [2.05, 4.69) is 28.1 Å². The molecule has 0 fully saturated rings. The number of fused-ring (bicyclic) bond motifs is 1. The van der Waals surface area contributed by atoms with Crippen LogP contribution in [0.25, 0.3) is 15.9 Å². The Morgan fingerprint density at radius 3 is 2.65 bits per heavy atom. The van der Waals surface area contributed by atoms with Gasteiger partial charge in [0.2, 0.25) is 0 Å². The van der Waals surface area contributed by atoms with Crippen LogP contribution in [0.15, 0.2) is 72.9 Å². The van der Waals surface area contributed by atoms with Crippen molar-refractivity contribution in [3.63, 3.8) is 0 Å². The SMILES string of the molecule is O=C(NCCc1ccc(Cl)cc1)c1ccc(-n2ccc3ccccc32)s1. The summed E-state index contributed by atoms with van der Waals surface area (Å²) in [5.74, 6) is -0.0355. The van der Waals surface area contributed by atoms with E-state index in [1.165, 1.54) is 16.7 Å². The van der Waals surface area contributed by atoms with Gasteiger partial charge in [-0.3, -0.25) is 4.79 Å². The maximum absolute atomic E-state index is 12.4. The Kier molecular flexibility index (Phi) is 4.78. The maximum Gasteiger partial charge on any atom is 0.261 e. The molecule has 0 saturated heterocycles. The Morgan fingerprint density at radius 1 is 1.00 bits per heavy atom. The van der Waals surface area contributed by atoms with E-state index in [-0.39, 0.29) is 5.91 Å². The smallest absolute Gasteiger partial charge is 0.261 e. The van der Waals surface area contributed by atoms with Gasteiger partial charge in [-0.2, -0.15) is 0 Å². The zero-order chi connectivity index (χ0) is 17.9. The van der Waals surface area contributed by atoms with Gasteiger partial charge in [0, 0.05) is 17.8 Å². The zero-order valence-corrected chi connectivity index (χ0v) is 15.6. The van der Waals surface area contributed by atoms with Gasteiger partial charge in [-0.15, -0.1) is 11.3 Å². The molecule has 1 N–H and O–H groups in total. The highest BCUT2D eigenvalue weighted by Crippen LogP contribution is 2.26. The Bertz CT molecular complexity index is 1050. The highest BCUT2D eigenvalue weighted by atomic mass is 35.5. The number of carbonyl (C=O) groups excluding carboxylic acids is 1. The minimum Gasteiger partial charge on any atom is -0.351 e. The summed E-state index contributed by atoms with van der Waals surface area (Å²) in [5.41, 5.74) is 2.30. The molecule has 1 amide bonds. The number of amides is 1. The number of nitrogens with zero attached hydrogens (tertiary/aromatic N) is 1. The van der Waals surface area contributed by atoms with Gasteiger partial charge in [0.25, 0.3) is 5.91 Å². The van der Waals surface area contributed by atoms with Crippen LogP contribution in [0.2, 0.25) is 5.02 Å².